The highest BCUT2D eigenvalue weighted by atomic mass is 127. The summed E-state index contributed by atoms with van der Waals surface area (Å²) in [5.74, 6) is 0.0867. The lowest BCUT2D eigenvalue weighted by molar-refractivity contribution is -0.130. The Bertz CT molecular complexity index is 1110. The number of nitrogens with zero attached hydrogens (tertiary/aromatic N) is 2. The molecule has 2 aliphatic rings. The molecular weight excluding hydrogens is 541 g/mol. The van der Waals surface area contributed by atoms with Gasteiger partial charge in [0.15, 0.2) is 11.5 Å². The van der Waals surface area contributed by atoms with E-state index in [0.717, 1.165) is 38.7 Å². The van der Waals surface area contributed by atoms with Gasteiger partial charge in [0.05, 0.1) is 0 Å². The van der Waals surface area contributed by atoms with Crippen LogP contribution in [0.5, 0.6) is 0 Å². The SMILES string of the molecule is CN1C(=O)C(C)(c2cccc(-c3cc(I)ccc3CCNC(=O)NC3CCCCC3)c2)N=C1N. The van der Waals surface area contributed by atoms with Crippen molar-refractivity contribution in [2.24, 2.45) is 10.7 Å². The van der Waals surface area contributed by atoms with E-state index < -0.39 is 5.54 Å². The molecule has 2 aromatic rings. The Morgan fingerprint density at radius 3 is 2.68 bits per heavy atom. The highest BCUT2D eigenvalue weighted by molar-refractivity contribution is 14.1. The first-order valence-corrected chi connectivity index (χ1v) is 12.9. The molecule has 0 spiro atoms. The van der Waals surface area contributed by atoms with Crippen LogP contribution in [-0.4, -0.2) is 42.4 Å². The van der Waals surface area contributed by atoms with Crippen molar-refractivity contribution in [1.29, 1.82) is 0 Å². The summed E-state index contributed by atoms with van der Waals surface area (Å²) in [5.41, 5.74) is 8.93. The van der Waals surface area contributed by atoms with E-state index in [-0.39, 0.29) is 17.9 Å². The quantitative estimate of drug-likeness (QED) is 0.454. The number of halogens is 1. The fourth-order valence-corrected chi connectivity index (χ4v) is 5.28. The molecule has 0 saturated heterocycles. The van der Waals surface area contributed by atoms with Crippen molar-refractivity contribution in [3.63, 3.8) is 0 Å². The number of guanidine groups is 1. The van der Waals surface area contributed by atoms with Gasteiger partial charge in [-0.05, 0) is 89.2 Å². The van der Waals surface area contributed by atoms with Gasteiger partial charge in [0.2, 0.25) is 0 Å². The lowest BCUT2D eigenvalue weighted by atomic mass is 9.88. The molecule has 34 heavy (non-hydrogen) atoms. The van der Waals surface area contributed by atoms with E-state index in [1.54, 1.807) is 14.0 Å². The van der Waals surface area contributed by atoms with Crippen molar-refractivity contribution < 1.29 is 9.59 Å². The molecule has 1 fully saturated rings. The summed E-state index contributed by atoms with van der Waals surface area (Å²) < 4.78 is 1.12. The molecule has 180 valence electrons. The molecule has 1 atom stereocenters. The van der Waals surface area contributed by atoms with E-state index in [1.807, 2.05) is 24.3 Å². The van der Waals surface area contributed by atoms with Crippen molar-refractivity contribution in [3.05, 3.63) is 57.2 Å². The maximum absolute atomic E-state index is 12.8. The number of amides is 3. The van der Waals surface area contributed by atoms with E-state index in [1.165, 1.54) is 24.2 Å². The van der Waals surface area contributed by atoms with Crippen molar-refractivity contribution in [1.82, 2.24) is 15.5 Å². The highest BCUT2D eigenvalue weighted by Gasteiger charge is 2.43. The maximum Gasteiger partial charge on any atom is 0.315 e. The Morgan fingerprint density at radius 1 is 1.21 bits per heavy atom. The van der Waals surface area contributed by atoms with Crippen LogP contribution < -0.4 is 16.4 Å². The number of nitrogens with two attached hydrogens (primary N) is 1. The van der Waals surface area contributed by atoms with Crippen LogP contribution in [0.25, 0.3) is 11.1 Å². The molecule has 1 aliphatic carbocycles. The predicted octanol–water partition coefficient (Wildman–Crippen LogP) is 4.13. The summed E-state index contributed by atoms with van der Waals surface area (Å²) in [5, 5.41) is 6.12. The van der Waals surface area contributed by atoms with Gasteiger partial charge in [-0.15, -0.1) is 0 Å². The van der Waals surface area contributed by atoms with Gasteiger partial charge in [-0.1, -0.05) is 43.5 Å². The molecule has 3 amide bonds. The Balaban J connectivity index is 1.50. The second-order valence-corrected chi connectivity index (χ2v) is 10.5. The first-order valence-electron chi connectivity index (χ1n) is 11.8. The van der Waals surface area contributed by atoms with E-state index in [0.29, 0.717) is 19.0 Å². The zero-order valence-corrected chi connectivity index (χ0v) is 21.9. The van der Waals surface area contributed by atoms with Gasteiger partial charge in [-0.3, -0.25) is 9.69 Å². The van der Waals surface area contributed by atoms with Crippen LogP contribution in [0, 0.1) is 3.57 Å². The van der Waals surface area contributed by atoms with Crippen molar-refractivity contribution in [3.8, 4) is 11.1 Å². The minimum absolute atomic E-state index is 0.0896. The number of hydrogen-bond acceptors (Lipinski definition) is 4. The molecule has 1 heterocycles. The molecule has 2 aromatic carbocycles. The second kappa shape index (κ2) is 10.3. The lowest BCUT2D eigenvalue weighted by Crippen LogP contribution is -2.43. The fraction of sp³-hybridized carbons (Fsp3) is 0.423. The summed E-state index contributed by atoms with van der Waals surface area (Å²) in [6, 6.07) is 14.5. The number of rotatable bonds is 6. The smallest absolute Gasteiger partial charge is 0.315 e. The van der Waals surface area contributed by atoms with Crippen LogP contribution in [0.3, 0.4) is 0 Å². The molecule has 1 unspecified atom stereocenters. The summed E-state index contributed by atoms with van der Waals surface area (Å²) in [6.45, 7) is 2.35. The van der Waals surface area contributed by atoms with Gasteiger partial charge < -0.3 is 16.4 Å². The number of carbonyl (C=O) groups excluding carboxylic acids is 2. The van der Waals surface area contributed by atoms with E-state index in [9.17, 15) is 9.59 Å². The monoisotopic (exact) mass is 573 g/mol. The number of benzene rings is 2. The third kappa shape index (κ3) is 5.21. The summed E-state index contributed by atoms with van der Waals surface area (Å²) >= 11 is 2.31. The lowest BCUT2D eigenvalue weighted by Gasteiger charge is -2.23. The Labute approximate surface area is 214 Å². The Morgan fingerprint density at radius 2 is 1.97 bits per heavy atom. The average Bonchev–Trinajstić information content (AvgIpc) is 3.04. The predicted molar refractivity (Wildman–Crippen MR) is 143 cm³/mol. The van der Waals surface area contributed by atoms with Crippen LogP contribution in [-0.2, 0) is 16.8 Å². The second-order valence-electron chi connectivity index (χ2n) is 9.27. The number of aliphatic imine (C=N–C) groups is 1. The van der Waals surface area contributed by atoms with Crippen molar-refractivity contribution in [2.45, 2.75) is 57.0 Å². The third-order valence-corrected chi connectivity index (χ3v) is 7.50. The molecule has 0 aromatic heterocycles. The number of carbonyl (C=O) groups is 2. The number of hydrogen-bond donors (Lipinski definition) is 3. The van der Waals surface area contributed by atoms with Crippen molar-refractivity contribution >= 4 is 40.5 Å². The number of likely N-dealkylation sites (N-methyl/N-ethyl adjacent to an activating group) is 1. The molecule has 1 saturated carbocycles. The third-order valence-electron chi connectivity index (χ3n) is 6.83. The van der Waals surface area contributed by atoms with Gasteiger partial charge in [0.25, 0.3) is 5.91 Å². The largest absolute Gasteiger partial charge is 0.369 e. The standard InChI is InChI=1S/C26H32IN5O2/c1-26(23(33)32(2)24(28)31-26)19-8-6-7-18(15-19)22-16-20(27)12-11-17(22)13-14-29-25(34)30-21-9-4-3-5-10-21/h6-8,11-12,15-16,21H,3-5,9-10,13-14H2,1-2H3,(H2,28,31)(H2,29,30,34). The van der Waals surface area contributed by atoms with Gasteiger partial charge in [0, 0.05) is 23.2 Å². The topological polar surface area (TPSA) is 99.8 Å². The minimum atomic E-state index is -1.03. The van der Waals surface area contributed by atoms with Crippen LogP contribution in [0.1, 0.15) is 50.2 Å². The van der Waals surface area contributed by atoms with Gasteiger partial charge in [-0.25, -0.2) is 9.79 Å². The zero-order valence-electron chi connectivity index (χ0n) is 19.7. The summed E-state index contributed by atoms with van der Waals surface area (Å²) in [6.07, 6.45) is 6.48. The van der Waals surface area contributed by atoms with Crippen LogP contribution in [0.4, 0.5) is 4.79 Å². The molecule has 0 bridgehead atoms. The molecule has 4 rings (SSSR count). The van der Waals surface area contributed by atoms with Gasteiger partial charge in [-0.2, -0.15) is 0 Å². The van der Waals surface area contributed by atoms with E-state index in [4.69, 9.17) is 5.73 Å². The number of urea groups is 1. The average molecular weight is 573 g/mol. The van der Waals surface area contributed by atoms with Gasteiger partial charge in [0.1, 0.15) is 0 Å². The Kier molecular flexibility index (Phi) is 7.45. The summed E-state index contributed by atoms with van der Waals surface area (Å²) in [7, 11) is 1.64. The van der Waals surface area contributed by atoms with Crippen LogP contribution >= 0.6 is 22.6 Å². The van der Waals surface area contributed by atoms with E-state index >= 15 is 0 Å². The normalized spacial score (nSPS) is 20.9. The van der Waals surface area contributed by atoms with Crippen LogP contribution in [0.2, 0.25) is 0 Å². The maximum atomic E-state index is 12.8. The molecule has 0 radical (unpaired) electrons. The van der Waals surface area contributed by atoms with Crippen molar-refractivity contribution in [2.75, 3.05) is 13.6 Å². The molecule has 4 N–H and O–H groups in total. The zero-order chi connectivity index (χ0) is 24.3. The molecular formula is C26H32IN5O2. The van der Waals surface area contributed by atoms with E-state index in [2.05, 4.69) is 56.4 Å². The van der Waals surface area contributed by atoms with Crippen LogP contribution in [0.15, 0.2) is 47.5 Å². The Hall–Kier alpha value is -2.62. The first kappa shape index (κ1) is 24.5. The summed E-state index contributed by atoms with van der Waals surface area (Å²) in [4.78, 5) is 31.0. The first-order chi connectivity index (χ1) is 16.3. The van der Waals surface area contributed by atoms with Gasteiger partial charge >= 0.3 is 6.03 Å². The molecule has 1 aliphatic heterocycles. The molecule has 7 nitrogen and oxygen atoms in total. The molecule has 8 heteroatoms. The number of nitrogens with one attached hydrogen (secondary N) is 2. The highest BCUT2D eigenvalue weighted by Crippen LogP contribution is 2.35. The minimum Gasteiger partial charge on any atom is -0.369 e. The fourth-order valence-electron chi connectivity index (χ4n) is 4.79.